The van der Waals surface area contributed by atoms with Crippen LogP contribution < -0.4 is 5.48 Å². The minimum Gasteiger partial charge on any atom is -0.411 e. The van der Waals surface area contributed by atoms with E-state index in [0.29, 0.717) is 6.42 Å². The summed E-state index contributed by atoms with van der Waals surface area (Å²) < 4.78 is 0. The van der Waals surface area contributed by atoms with Crippen LogP contribution in [-0.2, 0) is 4.79 Å². The second-order valence-electron chi connectivity index (χ2n) is 4.57. The molecule has 0 rings (SSSR count). The third-order valence-electron chi connectivity index (χ3n) is 2.95. The van der Waals surface area contributed by atoms with Crippen LogP contribution in [0.4, 0.5) is 0 Å². The molecule has 5 nitrogen and oxygen atoms in total. The number of carbonyl (C=O) groups is 1. The number of nitrogens with zero attached hydrogens (tertiary/aromatic N) is 1. The largest absolute Gasteiger partial charge is 0.411 e. The number of hydrogen-bond acceptors (Lipinski definition) is 4. The molecule has 0 spiro atoms. The van der Waals surface area contributed by atoms with Gasteiger partial charge in [-0.05, 0) is 32.1 Å². The Hall–Kier alpha value is -1.10. The summed E-state index contributed by atoms with van der Waals surface area (Å²) in [7, 11) is 0. The van der Waals surface area contributed by atoms with Crippen LogP contribution in [0.15, 0.2) is 5.16 Å². The molecule has 0 saturated carbocycles. The smallest absolute Gasteiger partial charge is 0.243 e. The zero-order chi connectivity index (χ0) is 13.6. The average molecular weight is 258 g/mol. The van der Waals surface area contributed by atoms with Crippen LogP contribution in [0.5, 0.6) is 0 Å². The summed E-state index contributed by atoms with van der Waals surface area (Å²) in [6.45, 7) is 2.15. The number of hydrogen-bond donors (Lipinski definition) is 3. The quantitative estimate of drug-likeness (QED) is 0.175. The first-order valence-electron chi connectivity index (χ1n) is 6.87. The maximum atomic E-state index is 10.7. The topological polar surface area (TPSA) is 81.9 Å². The van der Waals surface area contributed by atoms with Crippen LogP contribution in [-0.4, -0.2) is 22.0 Å². The zero-order valence-corrected chi connectivity index (χ0v) is 11.3. The van der Waals surface area contributed by atoms with Gasteiger partial charge in [0.2, 0.25) is 5.91 Å². The van der Waals surface area contributed by atoms with Crippen molar-refractivity contribution in [3.05, 3.63) is 0 Å². The maximum absolute atomic E-state index is 10.7. The summed E-state index contributed by atoms with van der Waals surface area (Å²) in [5.41, 5.74) is 2.51. The third-order valence-corrected chi connectivity index (χ3v) is 2.95. The first-order valence-corrected chi connectivity index (χ1v) is 6.87. The number of amides is 1. The third kappa shape index (κ3) is 10.1. The average Bonchev–Trinajstić information content (AvgIpc) is 2.40. The number of nitrogens with one attached hydrogen (secondary N) is 1. The van der Waals surface area contributed by atoms with Crippen molar-refractivity contribution in [2.75, 3.05) is 0 Å². The van der Waals surface area contributed by atoms with Gasteiger partial charge < -0.3 is 5.21 Å². The van der Waals surface area contributed by atoms with Gasteiger partial charge in [-0.2, -0.15) is 0 Å². The van der Waals surface area contributed by atoms with Crippen molar-refractivity contribution in [1.29, 1.82) is 0 Å². The van der Waals surface area contributed by atoms with Gasteiger partial charge in [-0.15, -0.1) is 0 Å². The molecule has 0 aliphatic carbocycles. The Morgan fingerprint density at radius 1 is 1.00 bits per heavy atom. The van der Waals surface area contributed by atoms with Gasteiger partial charge in [0.25, 0.3) is 0 Å². The zero-order valence-electron chi connectivity index (χ0n) is 11.3. The molecule has 0 aromatic carbocycles. The van der Waals surface area contributed by atoms with Crippen LogP contribution in [0.3, 0.4) is 0 Å². The fourth-order valence-corrected chi connectivity index (χ4v) is 1.83. The number of carbonyl (C=O) groups excluding carboxylic acids is 1. The molecule has 0 bridgehead atoms. The number of rotatable bonds is 11. The van der Waals surface area contributed by atoms with E-state index < -0.39 is 0 Å². The van der Waals surface area contributed by atoms with Gasteiger partial charge >= 0.3 is 0 Å². The van der Waals surface area contributed by atoms with Gasteiger partial charge in [0, 0.05) is 6.42 Å². The lowest BCUT2D eigenvalue weighted by Gasteiger charge is -2.04. The van der Waals surface area contributed by atoms with Gasteiger partial charge in [0.15, 0.2) is 0 Å². The van der Waals surface area contributed by atoms with Gasteiger partial charge in [-0.25, -0.2) is 5.48 Å². The molecule has 0 aliphatic rings. The molecule has 3 N–H and O–H groups in total. The molecule has 5 heteroatoms. The van der Waals surface area contributed by atoms with Crippen molar-refractivity contribution in [3.63, 3.8) is 0 Å². The van der Waals surface area contributed by atoms with E-state index in [1.165, 1.54) is 12.8 Å². The Morgan fingerprint density at radius 3 is 2.06 bits per heavy atom. The highest BCUT2D eigenvalue weighted by atomic mass is 16.5. The molecule has 1 amide bonds. The van der Waals surface area contributed by atoms with E-state index in [4.69, 9.17) is 10.4 Å². The minimum absolute atomic E-state index is 0.327. The number of hydroxylamine groups is 1. The van der Waals surface area contributed by atoms with E-state index in [0.717, 1.165) is 50.7 Å². The lowest BCUT2D eigenvalue weighted by atomic mass is 10.0. The van der Waals surface area contributed by atoms with Gasteiger partial charge in [0.05, 0.1) is 5.71 Å². The van der Waals surface area contributed by atoms with E-state index in [1.54, 1.807) is 5.48 Å². The normalized spacial score (nSPS) is 11.6. The molecule has 0 saturated heterocycles. The first kappa shape index (κ1) is 16.9. The Morgan fingerprint density at radius 2 is 1.56 bits per heavy atom. The van der Waals surface area contributed by atoms with Gasteiger partial charge in [0.1, 0.15) is 0 Å². The molecular formula is C13H26N2O3. The predicted octanol–water partition coefficient (Wildman–Crippen LogP) is 3.24. The monoisotopic (exact) mass is 258 g/mol. The fraction of sp³-hybridized carbons (Fsp3) is 0.846. The predicted molar refractivity (Wildman–Crippen MR) is 71.0 cm³/mol. The van der Waals surface area contributed by atoms with E-state index in [1.807, 2.05) is 0 Å². The fourth-order valence-electron chi connectivity index (χ4n) is 1.83. The van der Waals surface area contributed by atoms with Crippen LogP contribution in [0, 0.1) is 0 Å². The summed E-state index contributed by atoms with van der Waals surface area (Å²) >= 11 is 0. The highest BCUT2D eigenvalue weighted by Gasteiger charge is 2.02. The molecule has 106 valence electrons. The summed E-state index contributed by atoms with van der Waals surface area (Å²) in [5.74, 6) is -0.327. The second-order valence-corrected chi connectivity index (χ2v) is 4.57. The number of unbranched alkanes of at least 4 members (excludes halogenated alkanes) is 5. The SMILES string of the molecule is CCCCC/C(CCCCCCC(=O)NO)=N/O. The Labute approximate surface area is 109 Å². The van der Waals surface area contributed by atoms with Crippen LogP contribution in [0.1, 0.15) is 71.1 Å². The molecule has 0 aromatic rings. The van der Waals surface area contributed by atoms with Crippen LogP contribution in [0.2, 0.25) is 0 Å². The summed E-state index contributed by atoms with van der Waals surface area (Å²) in [6.07, 6.45) is 9.29. The molecular weight excluding hydrogens is 232 g/mol. The second kappa shape index (κ2) is 12.4. The van der Waals surface area contributed by atoms with Crippen molar-refractivity contribution in [3.8, 4) is 0 Å². The lowest BCUT2D eigenvalue weighted by Crippen LogP contribution is -2.17. The molecule has 0 fully saturated rings. The molecule has 18 heavy (non-hydrogen) atoms. The summed E-state index contributed by atoms with van der Waals surface area (Å²) in [4.78, 5) is 10.7. The van der Waals surface area contributed by atoms with Crippen molar-refractivity contribution >= 4 is 11.6 Å². The molecule has 0 radical (unpaired) electrons. The maximum Gasteiger partial charge on any atom is 0.243 e. The summed E-state index contributed by atoms with van der Waals surface area (Å²) in [6, 6.07) is 0. The Bertz CT molecular complexity index is 242. The van der Waals surface area contributed by atoms with E-state index in [2.05, 4.69) is 12.1 Å². The van der Waals surface area contributed by atoms with Crippen LogP contribution in [0.25, 0.3) is 0 Å². The first-order chi connectivity index (χ1) is 8.74. The van der Waals surface area contributed by atoms with Gasteiger partial charge in [-0.3, -0.25) is 10.0 Å². The molecule has 0 aromatic heterocycles. The minimum atomic E-state index is -0.327. The lowest BCUT2D eigenvalue weighted by molar-refractivity contribution is -0.129. The van der Waals surface area contributed by atoms with E-state index >= 15 is 0 Å². The highest BCUT2D eigenvalue weighted by Crippen LogP contribution is 2.10. The van der Waals surface area contributed by atoms with Crippen molar-refractivity contribution in [2.24, 2.45) is 5.16 Å². The van der Waals surface area contributed by atoms with Gasteiger partial charge in [-0.1, -0.05) is 37.8 Å². The van der Waals surface area contributed by atoms with Crippen molar-refractivity contribution in [1.82, 2.24) is 5.48 Å². The van der Waals surface area contributed by atoms with Crippen molar-refractivity contribution in [2.45, 2.75) is 71.1 Å². The Kier molecular flexibility index (Phi) is 11.6. The number of oxime groups is 1. The highest BCUT2D eigenvalue weighted by molar-refractivity contribution is 5.83. The molecule has 0 heterocycles. The van der Waals surface area contributed by atoms with Crippen molar-refractivity contribution < 1.29 is 15.2 Å². The van der Waals surface area contributed by atoms with Crippen LogP contribution >= 0.6 is 0 Å². The molecule has 0 unspecified atom stereocenters. The van der Waals surface area contributed by atoms with E-state index in [9.17, 15) is 4.79 Å². The summed E-state index contributed by atoms with van der Waals surface area (Å²) in [5, 5.41) is 20.5. The Balaban J connectivity index is 3.43. The van der Waals surface area contributed by atoms with E-state index in [-0.39, 0.29) is 5.91 Å². The standard InChI is InChI=1S/C13H26N2O3/c1-2-3-6-9-12(14-17)10-7-4-5-8-11-13(16)15-18/h17-18H,2-11H2,1H3,(H,15,16)/b14-12-. The molecule has 0 aliphatic heterocycles. The molecule has 0 atom stereocenters.